The van der Waals surface area contributed by atoms with E-state index in [0.29, 0.717) is 29.8 Å². The first-order chi connectivity index (χ1) is 19.1. The number of anilines is 1. The average Bonchev–Trinajstić information content (AvgIpc) is 3.26. The molecule has 3 heterocycles. The number of piperidine rings is 1. The summed E-state index contributed by atoms with van der Waals surface area (Å²) < 4.78 is 0. The van der Waals surface area contributed by atoms with E-state index in [0.717, 1.165) is 6.42 Å². The second-order valence-corrected chi connectivity index (χ2v) is 16.4. The molecule has 0 N–H and O–H groups in total. The molecule has 2 aliphatic carbocycles. The minimum Gasteiger partial charge on any atom is -0.359 e. The Morgan fingerprint density at radius 2 is 1.61 bits per heavy atom. The monoisotopic (exact) mass is 543 g/mol. The van der Waals surface area contributed by atoms with Gasteiger partial charge in [0.05, 0.1) is 6.04 Å². The molecule has 0 saturated carbocycles. The van der Waals surface area contributed by atoms with Crippen molar-refractivity contribution < 1.29 is 0 Å². The lowest BCUT2D eigenvalue weighted by Gasteiger charge is -2.64. The topological polar surface area (TPSA) is 3.24 Å². The van der Waals surface area contributed by atoms with E-state index in [4.69, 9.17) is 0 Å². The maximum absolute atomic E-state index is 2.99. The zero-order valence-corrected chi connectivity index (χ0v) is 27.7. The predicted molar refractivity (Wildman–Crippen MR) is 179 cm³/mol. The van der Waals surface area contributed by atoms with Crippen LogP contribution in [0, 0.1) is 50.4 Å². The molecule has 41 heavy (non-hydrogen) atoms. The zero-order chi connectivity index (χ0) is 29.5. The molecule has 1 saturated heterocycles. The number of rotatable bonds is 2. The van der Waals surface area contributed by atoms with Crippen LogP contribution in [0.2, 0.25) is 0 Å². The summed E-state index contributed by atoms with van der Waals surface area (Å²) in [5.41, 5.74) is 19.1. The van der Waals surface area contributed by atoms with Crippen molar-refractivity contribution in [1.82, 2.24) is 0 Å². The molecule has 0 amide bonds. The third kappa shape index (κ3) is 3.37. The molecule has 5 unspecified atom stereocenters. The van der Waals surface area contributed by atoms with Gasteiger partial charge in [-0.1, -0.05) is 113 Å². The molecule has 2 aromatic rings. The van der Waals surface area contributed by atoms with E-state index in [1.54, 1.807) is 39.1 Å². The van der Waals surface area contributed by atoms with Gasteiger partial charge in [0.1, 0.15) is 7.85 Å². The van der Waals surface area contributed by atoms with Crippen molar-refractivity contribution >= 4 is 19.0 Å². The summed E-state index contributed by atoms with van der Waals surface area (Å²) in [7, 11) is 2.32. The molecule has 1 nitrogen and oxygen atoms in total. The minimum absolute atomic E-state index is 0.106. The van der Waals surface area contributed by atoms with Crippen molar-refractivity contribution in [2.45, 2.75) is 112 Å². The van der Waals surface area contributed by atoms with Crippen molar-refractivity contribution in [3.05, 3.63) is 92.1 Å². The lowest BCUT2D eigenvalue weighted by molar-refractivity contribution is 0.0911. The summed E-state index contributed by atoms with van der Waals surface area (Å²) in [6, 6.07) is 8.33. The zero-order valence-electron chi connectivity index (χ0n) is 27.7. The van der Waals surface area contributed by atoms with Crippen LogP contribution in [-0.2, 0) is 11.8 Å². The van der Waals surface area contributed by atoms with Crippen molar-refractivity contribution in [2.75, 3.05) is 4.90 Å². The van der Waals surface area contributed by atoms with Crippen LogP contribution in [0.4, 0.5) is 5.69 Å². The van der Waals surface area contributed by atoms with Crippen LogP contribution in [0.3, 0.4) is 0 Å². The Morgan fingerprint density at radius 1 is 0.902 bits per heavy atom. The van der Waals surface area contributed by atoms with Gasteiger partial charge in [-0.15, -0.1) is 0 Å². The Morgan fingerprint density at radius 3 is 2.29 bits per heavy atom. The molecule has 5 atom stereocenters. The number of allylic oxidation sites excluding steroid dienone is 3. The van der Waals surface area contributed by atoms with E-state index in [1.165, 1.54) is 34.1 Å². The van der Waals surface area contributed by atoms with Crippen LogP contribution >= 0.6 is 0 Å². The maximum atomic E-state index is 2.99. The van der Waals surface area contributed by atoms with E-state index in [2.05, 4.69) is 125 Å². The van der Waals surface area contributed by atoms with E-state index in [1.807, 2.05) is 0 Å². The molecule has 3 aliphatic heterocycles. The lowest BCUT2D eigenvalue weighted by Crippen LogP contribution is -2.66. The number of benzene rings is 2. The molecule has 2 heteroatoms. The Bertz CT molecular complexity index is 1570. The molecule has 2 aromatic carbocycles. The van der Waals surface area contributed by atoms with Gasteiger partial charge >= 0.3 is 0 Å². The van der Waals surface area contributed by atoms with Gasteiger partial charge in [-0.3, -0.25) is 0 Å². The third-order valence-corrected chi connectivity index (χ3v) is 13.1. The lowest BCUT2D eigenvalue weighted by atomic mass is 9.50. The summed E-state index contributed by atoms with van der Waals surface area (Å²) >= 11 is 0. The number of hydrogen-bond donors (Lipinski definition) is 0. The SMILES string of the molecule is Bc1c(C)c(C)c(C)c(CC2=CC=C3C4C2c2cccc5c2N4C2C(CC(C(C)(C)C)=CC2C5(C)C)C3(C)C)c1C. The van der Waals surface area contributed by atoms with Gasteiger partial charge in [0.15, 0.2) is 0 Å². The molecule has 0 spiro atoms. The maximum Gasteiger partial charge on any atom is 0.140 e. The quantitative estimate of drug-likeness (QED) is 0.275. The average molecular weight is 544 g/mol. The highest BCUT2D eigenvalue weighted by Gasteiger charge is 2.64. The Kier molecular flexibility index (Phi) is 5.56. The number of hydrogen-bond acceptors (Lipinski definition) is 1. The second-order valence-electron chi connectivity index (χ2n) is 16.4. The molecule has 0 radical (unpaired) electrons. The van der Waals surface area contributed by atoms with Gasteiger partial charge in [-0.2, -0.15) is 0 Å². The van der Waals surface area contributed by atoms with Crippen LogP contribution in [0.5, 0.6) is 0 Å². The van der Waals surface area contributed by atoms with Crippen LogP contribution in [0.1, 0.15) is 99.7 Å². The fraction of sp³-hybridized carbons (Fsp3) is 0.538. The molecule has 5 aliphatic rings. The second kappa shape index (κ2) is 8.33. The first kappa shape index (κ1) is 27.4. The summed E-state index contributed by atoms with van der Waals surface area (Å²) in [6.07, 6.45) is 10.2. The van der Waals surface area contributed by atoms with E-state index in [-0.39, 0.29) is 16.2 Å². The Balaban J connectivity index is 1.46. The van der Waals surface area contributed by atoms with E-state index < -0.39 is 0 Å². The normalized spacial score (nSPS) is 30.0. The molecular weight excluding hydrogens is 493 g/mol. The number of nitrogens with zero attached hydrogens (tertiary/aromatic N) is 1. The summed E-state index contributed by atoms with van der Waals surface area (Å²) in [5.74, 6) is 1.59. The first-order valence-electron chi connectivity index (χ1n) is 16.2. The van der Waals surface area contributed by atoms with Crippen molar-refractivity contribution in [1.29, 1.82) is 0 Å². The molecule has 0 bridgehead atoms. The minimum atomic E-state index is 0.106. The smallest absolute Gasteiger partial charge is 0.140 e. The highest BCUT2D eigenvalue weighted by atomic mass is 15.3. The van der Waals surface area contributed by atoms with Gasteiger partial charge in [-0.25, -0.2) is 0 Å². The van der Waals surface area contributed by atoms with Gasteiger partial charge in [0, 0.05) is 23.6 Å². The fourth-order valence-corrected chi connectivity index (χ4v) is 9.99. The molecule has 7 rings (SSSR count). The molecule has 214 valence electrons. The van der Waals surface area contributed by atoms with E-state index >= 15 is 0 Å². The molecule has 0 aromatic heterocycles. The van der Waals surface area contributed by atoms with Crippen molar-refractivity contribution in [3.8, 4) is 0 Å². The third-order valence-electron chi connectivity index (χ3n) is 13.1. The number of fused-ring (bicyclic) bond motifs is 1. The van der Waals surface area contributed by atoms with Gasteiger partial charge < -0.3 is 4.90 Å². The highest BCUT2D eigenvalue weighted by Crippen LogP contribution is 2.68. The van der Waals surface area contributed by atoms with Crippen LogP contribution in [0.15, 0.2) is 53.1 Å². The highest BCUT2D eigenvalue weighted by molar-refractivity contribution is 6.34. The van der Waals surface area contributed by atoms with Crippen molar-refractivity contribution in [3.63, 3.8) is 0 Å². The summed E-state index contributed by atoms with van der Waals surface area (Å²) in [4.78, 5) is 2.99. The van der Waals surface area contributed by atoms with Gasteiger partial charge in [-0.05, 0) is 96.1 Å². The number of para-hydroxylation sites is 1. The summed E-state index contributed by atoms with van der Waals surface area (Å²) in [6.45, 7) is 26.9. The van der Waals surface area contributed by atoms with Crippen LogP contribution in [0.25, 0.3) is 0 Å². The molecular formula is C39H50BN. The van der Waals surface area contributed by atoms with Crippen molar-refractivity contribution in [2.24, 2.45) is 22.7 Å². The Hall–Kier alpha value is -2.48. The largest absolute Gasteiger partial charge is 0.359 e. The van der Waals surface area contributed by atoms with Gasteiger partial charge in [0.25, 0.3) is 0 Å². The molecule has 1 fully saturated rings. The standard InChI is InChI=1S/C39H50BN/c1-20-21(2)27(23(4)33(40)22(20)3)17-24-15-16-29-36-32(24)26-13-12-14-28-34(26)41(36)35-30(38(28,8)9)18-25(37(5,6)7)19-31(35)39(29,10)11/h12-16,18,30-32,35-36H,17,19,40H2,1-11H3. The fourth-order valence-electron chi connectivity index (χ4n) is 9.99. The first-order valence-corrected chi connectivity index (χ1v) is 16.2. The Labute approximate surface area is 250 Å². The van der Waals surface area contributed by atoms with E-state index in [9.17, 15) is 0 Å². The predicted octanol–water partition coefficient (Wildman–Crippen LogP) is 7.87. The summed E-state index contributed by atoms with van der Waals surface area (Å²) in [5, 5.41) is 0. The van der Waals surface area contributed by atoms with Crippen LogP contribution in [-0.4, -0.2) is 19.9 Å². The van der Waals surface area contributed by atoms with Gasteiger partial charge in [0.2, 0.25) is 0 Å². The van der Waals surface area contributed by atoms with Crippen LogP contribution < -0.4 is 10.4 Å².